The number of halogens is 3. The zero-order chi connectivity index (χ0) is 12.8. The van der Waals surface area contributed by atoms with Crippen LogP contribution in [0.15, 0.2) is 10.4 Å². The smallest absolute Gasteiger partial charge is 0.212 e. The SMILES string of the molecule is NC(=Nc1nc(CBr)cs1)NC(Br)C(=O)CBr. The molecule has 0 radical (unpaired) electrons. The van der Waals surface area contributed by atoms with Crippen molar-refractivity contribution in [1.82, 2.24) is 10.3 Å². The van der Waals surface area contributed by atoms with Gasteiger partial charge in [-0.1, -0.05) is 47.8 Å². The van der Waals surface area contributed by atoms with Crippen LogP contribution in [-0.2, 0) is 10.1 Å². The van der Waals surface area contributed by atoms with Gasteiger partial charge in [0.2, 0.25) is 5.13 Å². The van der Waals surface area contributed by atoms with E-state index in [1.807, 2.05) is 5.38 Å². The summed E-state index contributed by atoms with van der Waals surface area (Å²) < 4.78 is 0. The maximum atomic E-state index is 11.3. The molecule has 0 fully saturated rings. The van der Waals surface area contributed by atoms with E-state index in [0.717, 1.165) is 5.69 Å². The predicted octanol–water partition coefficient (Wildman–Crippen LogP) is 2.26. The van der Waals surface area contributed by atoms with Crippen LogP contribution in [-0.4, -0.2) is 27.0 Å². The number of guanidine groups is 1. The molecule has 0 aliphatic heterocycles. The van der Waals surface area contributed by atoms with E-state index in [9.17, 15) is 4.79 Å². The summed E-state index contributed by atoms with van der Waals surface area (Å²) in [5.41, 5.74) is 6.54. The summed E-state index contributed by atoms with van der Waals surface area (Å²) in [5, 5.41) is 6.08. The standard InChI is InChI=1S/C8H9Br3N4OS/c9-1-4-3-17-8(13-4)15-7(12)14-6(11)5(16)2-10/h3,6H,1-2H2,(H3,12,13,14,15). The first-order valence-corrected chi connectivity index (χ1v) is 8.44. The number of thiazole rings is 1. The van der Waals surface area contributed by atoms with Crippen molar-refractivity contribution in [1.29, 1.82) is 0 Å². The zero-order valence-electron chi connectivity index (χ0n) is 8.49. The number of aliphatic imine (C=N–C) groups is 1. The average Bonchev–Trinajstić information content (AvgIpc) is 2.75. The van der Waals surface area contributed by atoms with E-state index in [0.29, 0.717) is 10.5 Å². The van der Waals surface area contributed by atoms with Crippen LogP contribution in [0.2, 0.25) is 0 Å². The first-order chi connectivity index (χ1) is 8.06. The van der Waals surface area contributed by atoms with Crippen molar-refractivity contribution in [2.75, 3.05) is 5.33 Å². The lowest BCUT2D eigenvalue weighted by Crippen LogP contribution is -2.41. The Labute approximate surface area is 128 Å². The Bertz CT molecular complexity index is 423. The lowest BCUT2D eigenvalue weighted by Gasteiger charge is -2.09. The molecule has 0 saturated carbocycles. The number of carbonyl (C=O) groups is 1. The molecule has 1 heterocycles. The number of rotatable bonds is 5. The third-order valence-corrected chi connectivity index (χ3v) is 4.23. The number of hydrogen-bond acceptors (Lipinski definition) is 4. The molecule has 0 aromatic carbocycles. The van der Waals surface area contributed by atoms with Crippen molar-refractivity contribution < 1.29 is 4.79 Å². The van der Waals surface area contributed by atoms with Gasteiger partial charge < -0.3 is 11.1 Å². The Kier molecular flexibility index (Phi) is 6.60. The van der Waals surface area contributed by atoms with E-state index in [4.69, 9.17) is 5.73 Å². The third kappa shape index (κ3) is 5.02. The lowest BCUT2D eigenvalue weighted by molar-refractivity contribution is -0.116. The minimum absolute atomic E-state index is 0.0663. The number of aromatic nitrogens is 1. The van der Waals surface area contributed by atoms with Gasteiger partial charge in [0, 0.05) is 10.7 Å². The van der Waals surface area contributed by atoms with Gasteiger partial charge in [-0.15, -0.1) is 11.3 Å². The molecule has 0 aliphatic rings. The van der Waals surface area contributed by atoms with E-state index in [1.54, 1.807) is 0 Å². The highest BCUT2D eigenvalue weighted by molar-refractivity contribution is 9.10. The van der Waals surface area contributed by atoms with Crippen molar-refractivity contribution in [2.24, 2.45) is 10.7 Å². The van der Waals surface area contributed by atoms with Gasteiger partial charge in [0.1, 0.15) is 4.95 Å². The van der Waals surface area contributed by atoms with Gasteiger partial charge in [-0.2, -0.15) is 4.99 Å². The van der Waals surface area contributed by atoms with Crippen LogP contribution in [0.3, 0.4) is 0 Å². The molecule has 1 atom stereocenters. The molecule has 1 aromatic rings. The number of nitrogens with one attached hydrogen (secondary N) is 1. The van der Waals surface area contributed by atoms with Crippen molar-refractivity contribution >= 4 is 76.0 Å². The normalized spacial score (nSPS) is 13.5. The Hall–Kier alpha value is 0.01000. The summed E-state index contributed by atoms with van der Waals surface area (Å²) in [6.07, 6.45) is 0. The fourth-order valence-corrected chi connectivity index (χ4v) is 3.18. The molecular formula is C8H9Br3N4OS. The summed E-state index contributed by atoms with van der Waals surface area (Å²) in [6.45, 7) is 0. The fraction of sp³-hybridized carbons (Fsp3) is 0.375. The van der Waals surface area contributed by atoms with Gasteiger partial charge in [0.05, 0.1) is 11.0 Å². The van der Waals surface area contributed by atoms with Gasteiger partial charge in [-0.25, -0.2) is 4.98 Å². The van der Waals surface area contributed by atoms with Crippen LogP contribution in [0.1, 0.15) is 5.69 Å². The topological polar surface area (TPSA) is 80.4 Å². The molecule has 1 rings (SSSR count). The highest BCUT2D eigenvalue weighted by atomic mass is 79.9. The van der Waals surface area contributed by atoms with Gasteiger partial charge in [-0.05, 0) is 0 Å². The molecule has 3 N–H and O–H groups in total. The monoisotopic (exact) mass is 446 g/mol. The van der Waals surface area contributed by atoms with E-state index in [-0.39, 0.29) is 17.1 Å². The quantitative estimate of drug-likeness (QED) is 0.313. The Morgan fingerprint density at radius 3 is 2.88 bits per heavy atom. The highest BCUT2D eigenvalue weighted by Crippen LogP contribution is 2.19. The molecule has 1 unspecified atom stereocenters. The Morgan fingerprint density at radius 2 is 2.35 bits per heavy atom. The maximum absolute atomic E-state index is 11.3. The van der Waals surface area contributed by atoms with Gasteiger partial charge in [0.25, 0.3) is 0 Å². The van der Waals surface area contributed by atoms with Crippen LogP contribution in [0.4, 0.5) is 5.13 Å². The fourth-order valence-electron chi connectivity index (χ4n) is 0.822. The molecule has 0 spiro atoms. The Balaban J connectivity index is 2.63. The van der Waals surface area contributed by atoms with E-state index in [1.165, 1.54) is 11.3 Å². The predicted molar refractivity (Wildman–Crippen MR) is 80.7 cm³/mol. The largest absolute Gasteiger partial charge is 0.370 e. The van der Waals surface area contributed by atoms with Crippen molar-refractivity contribution in [3.05, 3.63) is 11.1 Å². The van der Waals surface area contributed by atoms with Crippen molar-refractivity contribution in [2.45, 2.75) is 10.3 Å². The lowest BCUT2D eigenvalue weighted by atomic mass is 10.4. The second-order valence-corrected chi connectivity index (χ2v) is 5.73. The van der Waals surface area contributed by atoms with Crippen LogP contribution in [0.5, 0.6) is 0 Å². The molecular weight excluding hydrogens is 440 g/mol. The maximum Gasteiger partial charge on any atom is 0.212 e. The summed E-state index contributed by atoms with van der Waals surface area (Å²) in [5.74, 6) is 0.0834. The number of Topliss-reactive ketones (excluding diaryl/α,β-unsaturated/α-hetero) is 1. The molecule has 0 bridgehead atoms. The number of nitrogens with two attached hydrogens (primary N) is 1. The van der Waals surface area contributed by atoms with Crippen LogP contribution in [0, 0.1) is 0 Å². The second kappa shape index (κ2) is 7.45. The summed E-state index contributed by atoms with van der Waals surface area (Å²) in [7, 11) is 0. The van der Waals surface area contributed by atoms with E-state index < -0.39 is 4.95 Å². The molecule has 1 aromatic heterocycles. The molecule has 0 aliphatic carbocycles. The van der Waals surface area contributed by atoms with Crippen molar-refractivity contribution in [3.8, 4) is 0 Å². The van der Waals surface area contributed by atoms with Crippen LogP contribution in [0.25, 0.3) is 0 Å². The van der Waals surface area contributed by atoms with E-state index >= 15 is 0 Å². The average molecular weight is 449 g/mol. The van der Waals surface area contributed by atoms with Gasteiger partial charge in [-0.3, -0.25) is 4.79 Å². The molecule has 17 heavy (non-hydrogen) atoms. The summed E-state index contributed by atoms with van der Waals surface area (Å²) >= 11 is 10.9. The summed E-state index contributed by atoms with van der Waals surface area (Å²) in [4.78, 5) is 19.0. The number of carbonyl (C=O) groups excluding carboxylic acids is 1. The summed E-state index contributed by atoms with van der Waals surface area (Å²) in [6, 6.07) is 0. The molecule has 9 heteroatoms. The van der Waals surface area contributed by atoms with Crippen LogP contribution < -0.4 is 11.1 Å². The number of ketones is 1. The molecule has 0 saturated heterocycles. The van der Waals surface area contributed by atoms with Crippen LogP contribution >= 0.6 is 59.1 Å². The van der Waals surface area contributed by atoms with E-state index in [2.05, 4.69) is 63.1 Å². The minimum Gasteiger partial charge on any atom is -0.370 e. The number of alkyl halides is 3. The third-order valence-electron chi connectivity index (χ3n) is 1.58. The highest BCUT2D eigenvalue weighted by Gasteiger charge is 2.13. The zero-order valence-corrected chi connectivity index (χ0v) is 14.1. The van der Waals surface area contributed by atoms with Gasteiger partial charge >= 0.3 is 0 Å². The molecule has 5 nitrogen and oxygen atoms in total. The minimum atomic E-state index is -0.554. The number of nitrogens with zero attached hydrogens (tertiary/aromatic N) is 2. The Morgan fingerprint density at radius 1 is 1.65 bits per heavy atom. The van der Waals surface area contributed by atoms with Gasteiger partial charge in [0.15, 0.2) is 11.7 Å². The molecule has 94 valence electrons. The number of hydrogen-bond donors (Lipinski definition) is 2. The second-order valence-electron chi connectivity index (χ2n) is 2.86. The molecule has 0 amide bonds. The van der Waals surface area contributed by atoms with Crippen molar-refractivity contribution in [3.63, 3.8) is 0 Å². The first kappa shape index (κ1) is 15.1. The first-order valence-electron chi connectivity index (χ1n) is 4.40.